The molecule has 2 N–H and O–H groups in total. The average Bonchev–Trinajstić information content (AvgIpc) is 3.02. The van der Waals surface area contributed by atoms with Crippen LogP contribution in [0.4, 0.5) is 0 Å². The fraction of sp³-hybridized carbons (Fsp3) is 0.471. The van der Waals surface area contributed by atoms with Crippen molar-refractivity contribution >= 4 is 17.3 Å². The quantitative estimate of drug-likeness (QED) is 0.567. The lowest BCUT2D eigenvalue weighted by atomic mass is 10.3. The lowest BCUT2D eigenvalue weighted by molar-refractivity contribution is 0.305. The van der Waals surface area contributed by atoms with Crippen molar-refractivity contribution in [2.75, 3.05) is 20.2 Å². The maximum absolute atomic E-state index is 5.48. The van der Waals surface area contributed by atoms with E-state index in [4.69, 9.17) is 4.74 Å². The van der Waals surface area contributed by atoms with Gasteiger partial charge in [-0.1, -0.05) is 13.0 Å². The lowest BCUT2D eigenvalue weighted by Gasteiger charge is -2.11. The standard InChI is InChI=1S/C17H25N5OS/c1-4-9-23-15-6-5-14(11-20-15)12-22-17(18-3)19-8-7-16-21-10-13(2)24-16/h5-6,10-11H,4,7-9,12H2,1-3H3,(H2,18,19,22). The Labute approximate surface area is 147 Å². The lowest BCUT2D eigenvalue weighted by Crippen LogP contribution is -2.37. The molecule has 2 rings (SSSR count). The summed E-state index contributed by atoms with van der Waals surface area (Å²) in [6, 6.07) is 3.91. The molecular formula is C17H25N5OS. The summed E-state index contributed by atoms with van der Waals surface area (Å²) in [6.45, 7) is 6.31. The fourth-order valence-electron chi connectivity index (χ4n) is 2.02. The highest BCUT2D eigenvalue weighted by molar-refractivity contribution is 7.11. The summed E-state index contributed by atoms with van der Waals surface area (Å²) in [6.07, 6.45) is 5.61. The van der Waals surface area contributed by atoms with Crippen molar-refractivity contribution in [3.63, 3.8) is 0 Å². The van der Waals surface area contributed by atoms with Gasteiger partial charge in [-0.2, -0.15) is 0 Å². The molecule has 0 aliphatic heterocycles. The van der Waals surface area contributed by atoms with E-state index in [-0.39, 0.29) is 0 Å². The maximum atomic E-state index is 5.48. The average molecular weight is 347 g/mol. The van der Waals surface area contributed by atoms with Gasteiger partial charge in [-0.15, -0.1) is 11.3 Å². The number of nitrogens with one attached hydrogen (secondary N) is 2. The van der Waals surface area contributed by atoms with Crippen LogP contribution in [0.25, 0.3) is 0 Å². The molecule has 0 saturated heterocycles. The van der Waals surface area contributed by atoms with Gasteiger partial charge >= 0.3 is 0 Å². The number of ether oxygens (including phenoxy) is 1. The largest absolute Gasteiger partial charge is 0.478 e. The highest BCUT2D eigenvalue weighted by Crippen LogP contribution is 2.11. The normalized spacial score (nSPS) is 11.4. The van der Waals surface area contributed by atoms with E-state index in [1.165, 1.54) is 4.88 Å². The Balaban J connectivity index is 1.72. The predicted molar refractivity (Wildman–Crippen MR) is 98.8 cm³/mol. The molecule has 0 aromatic carbocycles. The molecule has 0 spiro atoms. The van der Waals surface area contributed by atoms with Crippen LogP contribution in [0, 0.1) is 6.92 Å². The first-order valence-corrected chi connectivity index (χ1v) is 8.96. The molecule has 7 heteroatoms. The van der Waals surface area contributed by atoms with E-state index in [0.29, 0.717) is 19.0 Å². The van der Waals surface area contributed by atoms with Gasteiger partial charge in [-0.3, -0.25) is 4.99 Å². The van der Waals surface area contributed by atoms with Gasteiger partial charge in [-0.25, -0.2) is 9.97 Å². The number of hydrogen-bond acceptors (Lipinski definition) is 5. The molecule has 6 nitrogen and oxygen atoms in total. The molecule has 2 heterocycles. The summed E-state index contributed by atoms with van der Waals surface area (Å²) in [5.74, 6) is 1.44. The van der Waals surface area contributed by atoms with Gasteiger partial charge in [0.05, 0.1) is 11.6 Å². The summed E-state index contributed by atoms with van der Waals surface area (Å²) < 4.78 is 5.48. The molecule has 0 atom stereocenters. The van der Waals surface area contributed by atoms with Crippen LogP contribution in [0.2, 0.25) is 0 Å². The minimum absolute atomic E-state index is 0.664. The third-order valence-electron chi connectivity index (χ3n) is 3.24. The molecule has 2 aromatic heterocycles. The number of rotatable bonds is 8. The number of pyridine rings is 1. The van der Waals surface area contributed by atoms with Crippen molar-refractivity contribution in [1.29, 1.82) is 0 Å². The molecule has 2 aromatic rings. The number of thiazole rings is 1. The molecule has 0 fully saturated rings. The Morgan fingerprint density at radius 3 is 2.75 bits per heavy atom. The van der Waals surface area contributed by atoms with Crippen molar-refractivity contribution in [3.05, 3.63) is 40.0 Å². The Hall–Kier alpha value is -2.15. The van der Waals surface area contributed by atoms with E-state index in [2.05, 4.69) is 39.4 Å². The fourth-order valence-corrected chi connectivity index (χ4v) is 2.81. The number of nitrogens with zero attached hydrogens (tertiary/aromatic N) is 3. The summed E-state index contributed by atoms with van der Waals surface area (Å²) >= 11 is 1.73. The molecule has 0 radical (unpaired) electrons. The molecule has 0 aliphatic carbocycles. The third kappa shape index (κ3) is 6.16. The Morgan fingerprint density at radius 1 is 1.25 bits per heavy atom. The van der Waals surface area contributed by atoms with Crippen molar-refractivity contribution in [3.8, 4) is 5.88 Å². The van der Waals surface area contributed by atoms with Crippen LogP contribution < -0.4 is 15.4 Å². The molecule has 0 unspecified atom stereocenters. The van der Waals surface area contributed by atoms with Crippen LogP contribution in [-0.4, -0.2) is 36.1 Å². The summed E-state index contributed by atoms with van der Waals surface area (Å²) in [7, 11) is 1.77. The Kier molecular flexibility index (Phi) is 7.48. The van der Waals surface area contributed by atoms with E-state index in [1.807, 2.05) is 24.5 Å². The van der Waals surface area contributed by atoms with Crippen molar-refractivity contribution in [1.82, 2.24) is 20.6 Å². The zero-order valence-electron chi connectivity index (χ0n) is 14.5. The van der Waals surface area contributed by atoms with Crippen LogP contribution in [0.15, 0.2) is 29.5 Å². The van der Waals surface area contributed by atoms with Crippen LogP contribution in [-0.2, 0) is 13.0 Å². The van der Waals surface area contributed by atoms with Gasteiger partial charge in [0, 0.05) is 49.9 Å². The van der Waals surface area contributed by atoms with E-state index in [1.54, 1.807) is 18.4 Å². The topological polar surface area (TPSA) is 71.4 Å². The van der Waals surface area contributed by atoms with Gasteiger partial charge in [0.25, 0.3) is 0 Å². The van der Waals surface area contributed by atoms with E-state index in [9.17, 15) is 0 Å². The SMILES string of the molecule is CCCOc1ccc(CNC(=NC)NCCc2ncc(C)s2)cn1. The van der Waals surface area contributed by atoms with Gasteiger partial charge in [0.1, 0.15) is 0 Å². The van der Waals surface area contributed by atoms with E-state index in [0.717, 1.165) is 35.9 Å². The minimum Gasteiger partial charge on any atom is -0.478 e. The second-order valence-electron chi connectivity index (χ2n) is 5.32. The predicted octanol–water partition coefficient (Wildman–Crippen LogP) is 2.54. The number of aliphatic imine (C=N–C) groups is 1. The van der Waals surface area contributed by atoms with Crippen LogP contribution in [0.3, 0.4) is 0 Å². The first-order chi connectivity index (χ1) is 11.7. The molecule has 130 valence electrons. The molecule has 0 amide bonds. The van der Waals surface area contributed by atoms with Crippen LogP contribution in [0.5, 0.6) is 5.88 Å². The first kappa shape index (κ1) is 18.2. The Bertz CT molecular complexity index is 639. The van der Waals surface area contributed by atoms with Crippen molar-refractivity contribution in [2.45, 2.75) is 33.2 Å². The number of aryl methyl sites for hydroxylation is 1. The van der Waals surface area contributed by atoms with Gasteiger partial charge < -0.3 is 15.4 Å². The second kappa shape index (κ2) is 9.87. The number of guanidine groups is 1. The van der Waals surface area contributed by atoms with E-state index >= 15 is 0 Å². The Morgan fingerprint density at radius 2 is 2.12 bits per heavy atom. The zero-order valence-corrected chi connectivity index (χ0v) is 15.3. The molecule has 0 saturated carbocycles. The molecule has 24 heavy (non-hydrogen) atoms. The summed E-state index contributed by atoms with van der Waals surface area (Å²) in [5.41, 5.74) is 1.08. The molecule has 0 bridgehead atoms. The smallest absolute Gasteiger partial charge is 0.213 e. The molecular weight excluding hydrogens is 322 g/mol. The summed E-state index contributed by atoms with van der Waals surface area (Å²) in [5, 5.41) is 7.72. The third-order valence-corrected chi connectivity index (χ3v) is 4.21. The highest BCUT2D eigenvalue weighted by Gasteiger charge is 2.02. The number of aromatic nitrogens is 2. The van der Waals surface area contributed by atoms with Crippen molar-refractivity contribution in [2.24, 2.45) is 4.99 Å². The highest BCUT2D eigenvalue weighted by atomic mass is 32.1. The van der Waals surface area contributed by atoms with Crippen molar-refractivity contribution < 1.29 is 4.74 Å². The second-order valence-corrected chi connectivity index (χ2v) is 6.64. The molecule has 0 aliphatic rings. The van der Waals surface area contributed by atoms with Crippen LogP contribution >= 0.6 is 11.3 Å². The maximum Gasteiger partial charge on any atom is 0.213 e. The minimum atomic E-state index is 0.664. The first-order valence-electron chi connectivity index (χ1n) is 8.14. The van der Waals surface area contributed by atoms with E-state index < -0.39 is 0 Å². The van der Waals surface area contributed by atoms with Gasteiger partial charge in [0.2, 0.25) is 5.88 Å². The van der Waals surface area contributed by atoms with Gasteiger partial charge in [-0.05, 0) is 18.9 Å². The number of hydrogen-bond donors (Lipinski definition) is 2. The van der Waals surface area contributed by atoms with Gasteiger partial charge in [0.15, 0.2) is 5.96 Å². The van der Waals surface area contributed by atoms with Crippen LogP contribution in [0.1, 0.15) is 28.8 Å². The monoisotopic (exact) mass is 347 g/mol. The zero-order chi connectivity index (χ0) is 17.2. The summed E-state index contributed by atoms with van der Waals surface area (Å²) in [4.78, 5) is 14.1.